The van der Waals surface area contributed by atoms with E-state index in [9.17, 15) is 9.59 Å². The molecule has 0 aromatic rings. The Morgan fingerprint density at radius 1 is 1.53 bits per heavy atom. The van der Waals surface area contributed by atoms with Crippen LogP contribution in [0.25, 0.3) is 0 Å². The van der Waals surface area contributed by atoms with Gasteiger partial charge in [-0.25, -0.2) is 0 Å². The number of nitrogens with two attached hydrogens (primary N) is 1. The molecule has 0 aliphatic rings. The predicted molar refractivity (Wildman–Crippen MR) is 54.4 cm³/mol. The molecular weight excluding hydrogens is 200 g/mol. The number of methoxy groups -OCH3 is 1. The van der Waals surface area contributed by atoms with Gasteiger partial charge in [0, 0.05) is 33.7 Å². The summed E-state index contributed by atoms with van der Waals surface area (Å²) in [6.07, 6.45) is -0.156. The summed E-state index contributed by atoms with van der Waals surface area (Å²) in [6, 6.07) is 0. The normalized spacial score (nSPS) is 12.2. The molecular formula is C9H18N2O4. The number of carboxylic acid groups (broad SMARTS) is 1. The van der Waals surface area contributed by atoms with E-state index in [1.165, 1.54) is 12.0 Å². The van der Waals surface area contributed by atoms with Gasteiger partial charge in [0.25, 0.3) is 5.91 Å². The Kier molecular flexibility index (Phi) is 6.64. The van der Waals surface area contributed by atoms with E-state index >= 15 is 0 Å². The van der Waals surface area contributed by atoms with Gasteiger partial charge in [0.2, 0.25) is 0 Å². The zero-order valence-corrected chi connectivity index (χ0v) is 9.10. The van der Waals surface area contributed by atoms with Crippen molar-refractivity contribution in [2.24, 2.45) is 5.73 Å². The molecule has 0 radical (unpaired) electrons. The summed E-state index contributed by atoms with van der Waals surface area (Å²) in [5, 5.41) is 8.42. The minimum Gasteiger partial charge on any atom is -0.481 e. The van der Waals surface area contributed by atoms with E-state index in [2.05, 4.69) is 0 Å². The van der Waals surface area contributed by atoms with Crippen LogP contribution >= 0.6 is 0 Å². The molecule has 1 unspecified atom stereocenters. The first-order chi connectivity index (χ1) is 7.02. The highest BCUT2D eigenvalue weighted by atomic mass is 16.5. The molecule has 15 heavy (non-hydrogen) atoms. The smallest absolute Gasteiger partial charge is 0.303 e. The zero-order chi connectivity index (χ0) is 11.8. The lowest BCUT2D eigenvalue weighted by Gasteiger charge is -2.21. The molecule has 1 atom stereocenters. The van der Waals surface area contributed by atoms with Crippen molar-refractivity contribution in [3.63, 3.8) is 0 Å². The average Bonchev–Trinajstić information content (AvgIpc) is 2.18. The lowest BCUT2D eigenvalue weighted by atomic mass is 10.2. The van der Waals surface area contributed by atoms with E-state index in [0.29, 0.717) is 13.0 Å². The molecule has 0 rings (SSSR count). The van der Waals surface area contributed by atoms with Gasteiger partial charge in [-0.1, -0.05) is 0 Å². The maximum atomic E-state index is 11.6. The van der Waals surface area contributed by atoms with E-state index in [1.54, 1.807) is 7.05 Å². The molecule has 0 saturated heterocycles. The molecule has 3 N–H and O–H groups in total. The molecule has 6 nitrogen and oxygen atoms in total. The van der Waals surface area contributed by atoms with Crippen molar-refractivity contribution in [1.29, 1.82) is 0 Å². The highest BCUT2D eigenvalue weighted by molar-refractivity contribution is 5.81. The molecule has 6 heteroatoms. The lowest BCUT2D eigenvalue weighted by Crippen LogP contribution is -2.42. The van der Waals surface area contributed by atoms with Crippen LogP contribution in [-0.4, -0.2) is 55.2 Å². The van der Waals surface area contributed by atoms with Crippen molar-refractivity contribution in [3.8, 4) is 0 Å². The third-order valence-electron chi connectivity index (χ3n) is 2.03. The van der Waals surface area contributed by atoms with E-state index in [1.807, 2.05) is 0 Å². The Morgan fingerprint density at radius 3 is 2.53 bits per heavy atom. The van der Waals surface area contributed by atoms with Gasteiger partial charge in [0.1, 0.15) is 6.10 Å². The van der Waals surface area contributed by atoms with Crippen LogP contribution in [0.2, 0.25) is 0 Å². The predicted octanol–water partition coefficient (Wildman–Crippen LogP) is -0.717. The summed E-state index contributed by atoms with van der Waals surface area (Å²) in [4.78, 5) is 23.2. The quantitative estimate of drug-likeness (QED) is 0.588. The molecule has 0 aliphatic carbocycles. The molecule has 0 aromatic carbocycles. The Hall–Kier alpha value is -1.14. The molecule has 88 valence electrons. The third-order valence-corrected chi connectivity index (χ3v) is 2.03. The van der Waals surface area contributed by atoms with Crippen LogP contribution in [0.3, 0.4) is 0 Å². The number of amides is 1. The van der Waals surface area contributed by atoms with Crippen LogP contribution in [0.15, 0.2) is 0 Å². The van der Waals surface area contributed by atoms with Gasteiger partial charge >= 0.3 is 5.97 Å². The fourth-order valence-corrected chi connectivity index (χ4v) is 1.12. The Morgan fingerprint density at radius 2 is 2.13 bits per heavy atom. The molecule has 0 aromatic heterocycles. The molecule has 0 aliphatic heterocycles. The number of likely N-dealkylation sites (N-methyl/N-ethyl adjacent to an activating group) is 1. The van der Waals surface area contributed by atoms with E-state index in [-0.39, 0.29) is 18.9 Å². The second-order valence-electron chi connectivity index (χ2n) is 3.22. The summed E-state index contributed by atoms with van der Waals surface area (Å²) in [5.74, 6) is -1.08. The van der Waals surface area contributed by atoms with Crippen molar-refractivity contribution in [1.82, 2.24) is 4.90 Å². The summed E-state index contributed by atoms with van der Waals surface area (Å²) >= 11 is 0. The van der Waals surface area contributed by atoms with Crippen LogP contribution in [0.5, 0.6) is 0 Å². The van der Waals surface area contributed by atoms with Crippen molar-refractivity contribution < 1.29 is 19.4 Å². The van der Waals surface area contributed by atoms with Gasteiger partial charge in [-0.15, -0.1) is 0 Å². The molecule has 0 heterocycles. The van der Waals surface area contributed by atoms with Crippen molar-refractivity contribution in [2.45, 2.75) is 18.9 Å². The SMILES string of the molecule is COC(CN)C(=O)N(C)CCCC(=O)O. The van der Waals surface area contributed by atoms with Gasteiger partial charge in [-0.05, 0) is 6.42 Å². The first-order valence-corrected chi connectivity index (χ1v) is 4.72. The summed E-state index contributed by atoms with van der Waals surface area (Å²) in [5.41, 5.74) is 5.33. The lowest BCUT2D eigenvalue weighted by molar-refractivity contribution is -0.141. The van der Waals surface area contributed by atoms with Crippen molar-refractivity contribution >= 4 is 11.9 Å². The highest BCUT2D eigenvalue weighted by Gasteiger charge is 2.19. The van der Waals surface area contributed by atoms with Crippen LogP contribution in [0.4, 0.5) is 0 Å². The topological polar surface area (TPSA) is 92.9 Å². The first kappa shape index (κ1) is 13.9. The number of carboxylic acids is 1. The molecule has 0 bridgehead atoms. The Bertz CT molecular complexity index is 216. The molecule has 0 spiro atoms. The van der Waals surface area contributed by atoms with Crippen LogP contribution in [0, 0.1) is 0 Å². The second kappa shape index (κ2) is 7.19. The number of aliphatic carboxylic acids is 1. The number of nitrogens with zero attached hydrogens (tertiary/aromatic N) is 1. The minimum absolute atomic E-state index is 0.0535. The minimum atomic E-state index is -0.863. The zero-order valence-electron chi connectivity index (χ0n) is 9.10. The number of rotatable bonds is 7. The van der Waals surface area contributed by atoms with Gasteiger partial charge < -0.3 is 20.5 Å². The number of carbonyl (C=O) groups excluding carboxylic acids is 1. The van der Waals surface area contributed by atoms with Gasteiger partial charge in [0.05, 0.1) is 0 Å². The fourth-order valence-electron chi connectivity index (χ4n) is 1.12. The molecule has 0 fully saturated rings. The number of carbonyl (C=O) groups is 2. The van der Waals surface area contributed by atoms with Gasteiger partial charge in [-0.2, -0.15) is 0 Å². The maximum Gasteiger partial charge on any atom is 0.303 e. The van der Waals surface area contributed by atoms with Crippen molar-refractivity contribution in [2.75, 3.05) is 27.2 Å². The Labute approximate surface area is 89.0 Å². The van der Waals surface area contributed by atoms with Crippen LogP contribution in [-0.2, 0) is 14.3 Å². The number of ether oxygens (including phenoxy) is 1. The van der Waals surface area contributed by atoms with Crippen LogP contribution in [0.1, 0.15) is 12.8 Å². The van der Waals surface area contributed by atoms with Crippen LogP contribution < -0.4 is 5.73 Å². The Balaban J connectivity index is 3.92. The monoisotopic (exact) mass is 218 g/mol. The van der Waals surface area contributed by atoms with E-state index < -0.39 is 12.1 Å². The standard InChI is InChI=1S/C9H18N2O4/c1-11(5-3-4-8(12)13)9(14)7(6-10)15-2/h7H,3-6,10H2,1-2H3,(H,12,13). The fraction of sp³-hybridized carbons (Fsp3) is 0.778. The van der Waals surface area contributed by atoms with E-state index in [0.717, 1.165) is 0 Å². The first-order valence-electron chi connectivity index (χ1n) is 4.72. The average molecular weight is 218 g/mol. The second-order valence-corrected chi connectivity index (χ2v) is 3.22. The summed E-state index contributed by atoms with van der Waals surface area (Å²) in [6.45, 7) is 0.517. The number of hydrogen-bond donors (Lipinski definition) is 2. The van der Waals surface area contributed by atoms with Gasteiger partial charge in [-0.3, -0.25) is 9.59 Å². The number of hydrogen-bond acceptors (Lipinski definition) is 4. The van der Waals surface area contributed by atoms with Gasteiger partial charge in [0.15, 0.2) is 0 Å². The van der Waals surface area contributed by atoms with E-state index in [4.69, 9.17) is 15.6 Å². The summed E-state index contributed by atoms with van der Waals surface area (Å²) in [7, 11) is 3.02. The maximum absolute atomic E-state index is 11.6. The highest BCUT2D eigenvalue weighted by Crippen LogP contribution is 1.98. The molecule has 1 amide bonds. The largest absolute Gasteiger partial charge is 0.481 e. The van der Waals surface area contributed by atoms with Crippen molar-refractivity contribution in [3.05, 3.63) is 0 Å². The molecule has 0 saturated carbocycles. The summed E-state index contributed by atoms with van der Waals surface area (Å²) < 4.78 is 4.88. The third kappa shape index (κ3) is 5.34.